The number of fused-ring (bicyclic) bond motifs is 1. The van der Waals surface area contributed by atoms with Gasteiger partial charge in [-0.05, 0) is 24.4 Å². The molecule has 1 atom stereocenters. The van der Waals surface area contributed by atoms with E-state index in [9.17, 15) is 0 Å². The summed E-state index contributed by atoms with van der Waals surface area (Å²) >= 11 is 6.52. The van der Waals surface area contributed by atoms with Gasteiger partial charge in [-0.25, -0.2) is 0 Å². The van der Waals surface area contributed by atoms with Crippen LogP contribution >= 0.6 is 11.6 Å². The van der Waals surface area contributed by atoms with E-state index in [4.69, 9.17) is 25.8 Å². The molecule has 2 rings (SSSR count). The molecule has 1 aromatic carbocycles. The molecule has 0 bridgehead atoms. The second kappa shape index (κ2) is 6.10. The van der Waals surface area contributed by atoms with E-state index in [1.54, 1.807) is 21.3 Å². The van der Waals surface area contributed by atoms with Crippen LogP contribution in [-0.2, 0) is 6.42 Å². The average molecular weight is 300 g/mol. The Morgan fingerprint density at radius 1 is 1.05 bits per heavy atom. The fourth-order valence-electron chi connectivity index (χ4n) is 2.88. The molecule has 0 aliphatic carbocycles. The largest absolute Gasteiger partial charge is 0.492 e. The van der Waals surface area contributed by atoms with Gasteiger partial charge in [0.1, 0.15) is 0 Å². The molecule has 0 radical (unpaired) electrons. The lowest BCUT2D eigenvalue weighted by Crippen LogP contribution is -2.33. The minimum absolute atomic E-state index is 0.200. The van der Waals surface area contributed by atoms with Crippen molar-refractivity contribution in [2.45, 2.75) is 26.3 Å². The molecule has 1 unspecified atom stereocenters. The summed E-state index contributed by atoms with van der Waals surface area (Å²) in [6.45, 7) is 5.25. The van der Waals surface area contributed by atoms with Gasteiger partial charge >= 0.3 is 0 Å². The second-order valence-electron chi connectivity index (χ2n) is 5.23. The minimum Gasteiger partial charge on any atom is -0.492 e. The number of nitrogens with one attached hydrogen (secondary N) is 1. The summed E-state index contributed by atoms with van der Waals surface area (Å²) in [5.74, 6) is 2.26. The van der Waals surface area contributed by atoms with E-state index < -0.39 is 0 Å². The van der Waals surface area contributed by atoms with Crippen molar-refractivity contribution in [3.63, 3.8) is 0 Å². The van der Waals surface area contributed by atoms with Gasteiger partial charge in [0, 0.05) is 11.6 Å². The van der Waals surface area contributed by atoms with Gasteiger partial charge in [-0.15, -0.1) is 0 Å². The fourth-order valence-corrected chi connectivity index (χ4v) is 3.24. The van der Waals surface area contributed by atoms with Crippen LogP contribution in [0.3, 0.4) is 0 Å². The highest BCUT2D eigenvalue weighted by atomic mass is 35.5. The number of ether oxygens (including phenoxy) is 3. The fraction of sp³-hybridized carbons (Fsp3) is 0.600. The molecule has 1 N–H and O–H groups in total. The van der Waals surface area contributed by atoms with Crippen molar-refractivity contribution in [2.24, 2.45) is 5.92 Å². The maximum Gasteiger partial charge on any atom is 0.205 e. The van der Waals surface area contributed by atoms with Crippen molar-refractivity contribution < 1.29 is 14.2 Å². The molecular weight excluding hydrogens is 278 g/mol. The van der Waals surface area contributed by atoms with Crippen LogP contribution in [0, 0.1) is 5.92 Å². The zero-order chi connectivity index (χ0) is 14.9. The first kappa shape index (κ1) is 15.3. The molecule has 112 valence electrons. The quantitative estimate of drug-likeness (QED) is 0.927. The van der Waals surface area contributed by atoms with E-state index in [-0.39, 0.29) is 6.04 Å². The standard InChI is InChI=1S/C15H22ClNO3/c1-8(2)12-10-9(6-7-17-12)11(16)14(19-4)15(20-5)13(10)18-3/h8,12,17H,6-7H2,1-5H3. The number of halogens is 1. The highest BCUT2D eigenvalue weighted by Gasteiger charge is 2.33. The van der Waals surface area contributed by atoms with Crippen LogP contribution in [0.5, 0.6) is 17.2 Å². The summed E-state index contributed by atoms with van der Waals surface area (Å²) < 4.78 is 16.5. The van der Waals surface area contributed by atoms with Crippen molar-refractivity contribution in [3.05, 3.63) is 16.1 Å². The van der Waals surface area contributed by atoms with Crippen molar-refractivity contribution in [3.8, 4) is 17.2 Å². The zero-order valence-corrected chi connectivity index (χ0v) is 13.4. The van der Waals surface area contributed by atoms with Gasteiger partial charge in [-0.1, -0.05) is 25.4 Å². The van der Waals surface area contributed by atoms with Gasteiger partial charge in [0.15, 0.2) is 11.5 Å². The summed E-state index contributed by atoms with van der Waals surface area (Å²) in [5, 5.41) is 4.16. The molecule has 0 saturated carbocycles. The first-order valence-corrected chi connectivity index (χ1v) is 7.18. The first-order valence-electron chi connectivity index (χ1n) is 6.80. The summed E-state index contributed by atoms with van der Waals surface area (Å²) in [7, 11) is 4.85. The monoisotopic (exact) mass is 299 g/mol. The molecule has 1 aliphatic rings. The molecule has 5 heteroatoms. The van der Waals surface area contributed by atoms with Crippen molar-refractivity contribution >= 4 is 11.6 Å². The highest BCUT2D eigenvalue weighted by molar-refractivity contribution is 6.33. The second-order valence-corrected chi connectivity index (χ2v) is 5.61. The Bertz CT molecular complexity index is 503. The average Bonchev–Trinajstić information content (AvgIpc) is 2.46. The number of hydrogen-bond acceptors (Lipinski definition) is 4. The predicted octanol–water partition coefficient (Wildman–Crippen LogP) is 3.21. The van der Waals surface area contributed by atoms with Crippen molar-refractivity contribution in [2.75, 3.05) is 27.9 Å². The Hall–Kier alpha value is -1.13. The maximum absolute atomic E-state index is 6.52. The van der Waals surface area contributed by atoms with Crippen LogP contribution in [0.4, 0.5) is 0 Å². The number of benzene rings is 1. The molecule has 1 aliphatic heterocycles. The number of methoxy groups -OCH3 is 3. The Morgan fingerprint density at radius 3 is 2.15 bits per heavy atom. The lowest BCUT2D eigenvalue weighted by Gasteiger charge is -2.33. The van der Waals surface area contributed by atoms with E-state index in [1.165, 1.54) is 0 Å². The predicted molar refractivity (Wildman–Crippen MR) is 80.4 cm³/mol. The van der Waals surface area contributed by atoms with Crippen molar-refractivity contribution in [1.29, 1.82) is 0 Å². The van der Waals surface area contributed by atoms with Gasteiger partial charge in [0.25, 0.3) is 0 Å². The Balaban J connectivity index is 2.76. The van der Waals surface area contributed by atoms with Gasteiger partial charge in [0.2, 0.25) is 5.75 Å². The third-order valence-electron chi connectivity index (χ3n) is 3.78. The first-order chi connectivity index (χ1) is 9.56. The van der Waals surface area contributed by atoms with Gasteiger partial charge in [-0.3, -0.25) is 0 Å². The topological polar surface area (TPSA) is 39.7 Å². The lowest BCUT2D eigenvalue weighted by molar-refractivity contribution is 0.308. The number of rotatable bonds is 4. The van der Waals surface area contributed by atoms with Crippen LogP contribution < -0.4 is 19.5 Å². The SMILES string of the molecule is COc1c(Cl)c2c(c(OC)c1OC)C(C(C)C)NCC2. The molecule has 4 nitrogen and oxygen atoms in total. The van der Waals surface area contributed by atoms with Gasteiger partial charge in [-0.2, -0.15) is 0 Å². The van der Waals surface area contributed by atoms with Gasteiger partial charge in [0.05, 0.1) is 26.4 Å². The molecule has 0 saturated heterocycles. The molecule has 1 heterocycles. The van der Waals surface area contributed by atoms with E-state index in [0.29, 0.717) is 22.4 Å². The molecule has 1 aromatic rings. The van der Waals surface area contributed by atoms with Crippen LogP contribution in [0.1, 0.15) is 31.0 Å². The van der Waals surface area contributed by atoms with Crippen LogP contribution in [-0.4, -0.2) is 27.9 Å². The molecule has 0 spiro atoms. The van der Waals surface area contributed by atoms with E-state index in [1.807, 2.05) is 0 Å². The molecule has 0 amide bonds. The summed E-state index contributed by atoms with van der Waals surface area (Å²) in [6.07, 6.45) is 0.855. The minimum atomic E-state index is 0.200. The van der Waals surface area contributed by atoms with E-state index in [0.717, 1.165) is 29.8 Å². The Kier molecular flexibility index (Phi) is 4.66. The maximum atomic E-state index is 6.52. The summed E-state index contributed by atoms with van der Waals surface area (Å²) in [5.41, 5.74) is 2.19. The Morgan fingerprint density at radius 2 is 1.65 bits per heavy atom. The molecular formula is C15H22ClNO3. The highest BCUT2D eigenvalue weighted by Crippen LogP contribution is 2.51. The molecule has 0 aromatic heterocycles. The van der Waals surface area contributed by atoms with Crippen LogP contribution in [0.15, 0.2) is 0 Å². The zero-order valence-electron chi connectivity index (χ0n) is 12.7. The number of hydrogen-bond donors (Lipinski definition) is 1. The summed E-state index contributed by atoms with van der Waals surface area (Å²) in [6, 6.07) is 0.200. The smallest absolute Gasteiger partial charge is 0.205 e. The van der Waals surface area contributed by atoms with E-state index >= 15 is 0 Å². The van der Waals surface area contributed by atoms with Crippen LogP contribution in [0.2, 0.25) is 5.02 Å². The van der Waals surface area contributed by atoms with Crippen LogP contribution in [0.25, 0.3) is 0 Å². The Labute approximate surface area is 125 Å². The van der Waals surface area contributed by atoms with Crippen molar-refractivity contribution in [1.82, 2.24) is 5.32 Å². The molecule has 0 fully saturated rings. The lowest BCUT2D eigenvalue weighted by atomic mass is 9.86. The third kappa shape index (κ3) is 2.31. The summed E-state index contributed by atoms with van der Waals surface area (Å²) in [4.78, 5) is 0. The van der Waals surface area contributed by atoms with Gasteiger partial charge < -0.3 is 19.5 Å². The molecule has 20 heavy (non-hydrogen) atoms. The third-order valence-corrected chi connectivity index (χ3v) is 4.18. The van der Waals surface area contributed by atoms with E-state index in [2.05, 4.69) is 19.2 Å². The normalized spacial score (nSPS) is 17.9.